The molecule has 104 valence electrons. The van der Waals surface area contributed by atoms with Crippen LogP contribution in [0.2, 0.25) is 0 Å². The van der Waals surface area contributed by atoms with Crippen LogP contribution in [0.1, 0.15) is 48.5 Å². The average Bonchev–Trinajstić information content (AvgIpc) is 3.13. The van der Waals surface area contributed by atoms with E-state index in [2.05, 4.69) is 12.2 Å². The third-order valence-electron chi connectivity index (χ3n) is 4.01. The van der Waals surface area contributed by atoms with Crippen molar-refractivity contribution >= 4 is 11.6 Å². The minimum Gasteiger partial charge on any atom is -0.398 e. The predicted octanol–water partition coefficient (Wildman–Crippen LogP) is 3.03. The number of hydrogen-bond acceptors (Lipinski definition) is 2. The molecular formula is C15H21FN2O. The summed E-state index contributed by atoms with van der Waals surface area (Å²) < 4.78 is 13.5. The van der Waals surface area contributed by atoms with E-state index in [9.17, 15) is 9.18 Å². The summed E-state index contributed by atoms with van der Waals surface area (Å²) >= 11 is 0. The van der Waals surface area contributed by atoms with E-state index in [1.165, 1.54) is 25.0 Å². The molecule has 0 aromatic heterocycles. The largest absolute Gasteiger partial charge is 0.398 e. The zero-order valence-electron chi connectivity index (χ0n) is 11.6. The molecule has 0 bridgehead atoms. The summed E-state index contributed by atoms with van der Waals surface area (Å²) in [6.45, 7) is 4.43. The summed E-state index contributed by atoms with van der Waals surface area (Å²) in [5.41, 5.74) is 6.98. The highest BCUT2D eigenvalue weighted by molar-refractivity contribution is 5.95. The zero-order valence-corrected chi connectivity index (χ0v) is 11.6. The topological polar surface area (TPSA) is 55.1 Å². The van der Waals surface area contributed by atoms with Gasteiger partial charge in [-0.1, -0.05) is 13.3 Å². The zero-order chi connectivity index (χ0) is 14.0. The molecule has 0 aliphatic heterocycles. The molecule has 0 saturated heterocycles. The molecule has 0 unspecified atom stereocenters. The lowest BCUT2D eigenvalue weighted by Crippen LogP contribution is -2.30. The molecule has 3 N–H and O–H groups in total. The first-order valence-corrected chi connectivity index (χ1v) is 6.81. The molecule has 1 amide bonds. The summed E-state index contributed by atoms with van der Waals surface area (Å²) in [5, 5.41) is 2.90. The fourth-order valence-electron chi connectivity index (χ4n) is 2.42. The van der Waals surface area contributed by atoms with E-state index >= 15 is 0 Å². The van der Waals surface area contributed by atoms with Crippen molar-refractivity contribution in [1.82, 2.24) is 5.32 Å². The number of rotatable bonds is 5. The standard InChI is InChI=1S/C15H21FN2O/c1-3-4-15(5-6-15)9-18-14(19)11-7-12(16)10(2)13(17)8-11/h7-8H,3-6,9,17H2,1-2H3,(H,18,19). The van der Waals surface area contributed by atoms with E-state index in [4.69, 9.17) is 5.73 Å². The fourth-order valence-corrected chi connectivity index (χ4v) is 2.42. The highest BCUT2D eigenvalue weighted by atomic mass is 19.1. The van der Waals surface area contributed by atoms with E-state index in [-0.39, 0.29) is 5.91 Å². The van der Waals surface area contributed by atoms with Crippen LogP contribution >= 0.6 is 0 Å². The number of nitrogens with one attached hydrogen (secondary N) is 1. The maximum atomic E-state index is 13.5. The number of halogens is 1. The number of carbonyl (C=O) groups excluding carboxylic acids is 1. The third kappa shape index (κ3) is 3.06. The summed E-state index contributed by atoms with van der Waals surface area (Å²) in [6, 6.07) is 2.79. The Morgan fingerprint density at radius 3 is 2.68 bits per heavy atom. The smallest absolute Gasteiger partial charge is 0.251 e. The summed E-state index contributed by atoms with van der Waals surface area (Å²) in [5.74, 6) is -0.673. The second-order valence-electron chi connectivity index (χ2n) is 5.60. The molecule has 0 spiro atoms. The lowest BCUT2D eigenvalue weighted by molar-refractivity contribution is 0.0943. The minimum absolute atomic E-state index is 0.243. The molecule has 1 aliphatic carbocycles. The first-order chi connectivity index (χ1) is 8.97. The van der Waals surface area contributed by atoms with Gasteiger partial charge in [0.25, 0.3) is 5.91 Å². The second kappa shape index (κ2) is 5.19. The van der Waals surface area contributed by atoms with Crippen molar-refractivity contribution in [3.05, 3.63) is 29.1 Å². The van der Waals surface area contributed by atoms with Crippen molar-refractivity contribution in [2.45, 2.75) is 39.5 Å². The number of nitrogen functional groups attached to an aromatic ring is 1. The summed E-state index contributed by atoms with van der Waals surface area (Å²) in [6.07, 6.45) is 4.61. The second-order valence-corrected chi connectivity index (χ2v) is 5.60. The van der Waals surface area contributed by atoms with E-state index < -0.39 is 5.82 Å². The molecule has 0 heterocycles. The van der Waals surface area contributed by atoms with Crippen molar-refractivity contribution in [2.75, 3.05) is 12.3 Å². The summed E-state index contributed by atoms with van der Waals surface area (Å²) in [4.78, 5) is 12.0. The van der Waals surface area contributed by atoms with Gasteiger partial charge in [-0.15, -0.1) is 0 Å². The van der Waals surface area contributed by atoms with Gasteiger partial charge in [0.05, 0.1) is 0 Å². The average molecular weight is 264 g/mol. The van der Waals surface area contributed by atoms with Crippen molar-refractivity contribution in [2.24, 2.45) is 5.41 Å². The molecule has 3 nitrogen and oxygen atoms in total. The van der Waals surface area contributed by atoms with Crippen LogP contribution in [0.4, 0.5) is 10.1 Å². The highest BCUT2D eigenvalue weighted by Gasteiger charge is 2.41. The van der Waals surface area contributed by atoms with Crippen LogP contribution in [-0.4, -0.2) is 12.5 Å². The first-order valence-electron chi connectivity index (χ1n) is 6.81. The minimum atomic E-state index is -0.431. The normalized spacial score (nSPS) is 16.2. The lowest BCUT2D eigenvalue weighted by atomic mass is 10.0. The molecule has 19 heavy (non-hydrogen) atoms. The van der Waals surface area contributed by atoms with Crippen molar-refractivity contribution in [1.29, 1.82) is 0 Å². The Kier molecular flexibility index (Phi) is 3.78. The van der Waals surface area contributed by atoms with Crippen molar-refractivity contribution < 1.29 is 9.18 Å². The van der Waals surface area contributed by atoms with Gasteiger partial charge < -0.3 is 11.1 Å². The molecule has 1 aromatic carbocycles. The molecule has 1 saturated carbocycles. The molecule has 4 heteroatoms. The van der Waals surface area contributed by atoms with Crippen LogP contribution in [-0.2, 0) is 0 Å². The monoisotopic (exact) mass is 264 g/mol. The molecule has 2 rings (SSSR count). The Hall–Kier alpha value is -1.58. The molecular weight excluding hydrogens is 243 g/mol. The van der Waals surface area contributed by atoms with Crippen LogP contribution in [0.15, 0.2) is 12.1 Å². The number of carbonyl (C=O) groups is 1. The third-order valence-corrected chi connectivity index (χ3v) is 4.01. The Labute approximate surface area is 113 Å². The number of nitrogens with two attached hydrogens (primary N) is 1. The predicted molar refractivity (Wildman–Crippen MR) is 74.5 cm³/mol. The van der Waals surface area contributed by atoms with Gasteiger partial charge in [-0.25, -0.2) is 4.39 Å². The molecule has 0 atom stereocenters. The van der Waals surface area contributed by atoms with Crippen molar-refractivity contribution in [3.63, 3.8) is 0 Å². The van der Waals surface area contributed by atoms with Crippen LogP contribution in [0.3, 0.4) is 0 Å². The van der Waals surface area contributed by atoms with Crippen molar-refractivity contribution in [3.8, 4) is 0 Å². The Morgan fingerprint density at radius 1 is 1.47 bits per heavy atom. The van der Waals surface area contributed by atoms with E-state index in [0.717, 1.165) is 12.8 Å². The highest BCUT2D eigenvalue weighted by Crippen LogP contribution is 2.48. The Balaban J connectivity index is 2.01. The van der Waals surface area contributed by atoms with Gasteiger partial charge in [0, 0.05) is 23.4 Å². The number of anilines is 1. The van der Waals surface area contributed by atoms with Gasteiger partial charge in [0.15, 0.2) is 0 Å². The van der Waals surface area contributed by atoms with Gasteiger partial charge in [-0.3, -0.25) is 4.79 Å². The van der Waals surface area contributed by atoms with E-state index in [1.807, 2.05) is 0 Å². The summed E-state index contributed by atoms with van der Waals surface area (Å²) in [7, 11) is 0. The Morgan fingerprint density at radius 2 is 2.16 bits per heavy atom. The number of amides is 1. The van der Waals surface area contributed by atoms with Crippen LogP contribution in [0.25, 0.3) is 0 Å². The lowest BCUT2D eigenvalue weighted by Gasteiger charge is -2.15. The molecule has 1 fully saturated rings. The van der Waals surface area contributed by atoms with Gasteiger partial charge in [0.1, 0.15) is 5.82 Å². The van der Waals surface area contributed by atoms with Crippen LogP contribution in [0, 0.1) is 18.2 Å². The number of hydrogen-bond donors (Lipinski definition) is 2. The quantitative estimate of drug-likeness (QED) is 0.803. The van der Waals surface area contributed by atoms with E-state index in [0.29, 0.717) is 28.8 Å². The molecule has 1 aromatic rings. The van der Waals surface area contributed by atoms with Gasteiger partial charge in [0.2, 0.25) is 0 Å². The number of benzene rings is 1. The van der Waals surface area contributed by atoms with Gasteiger partial charge in [-0.05, 0) is 43.7 Å². The van der Waals surface area contributed by atoms with Crippen LogP contribution < -0.4 is 11.1 Å². The Bertz CT molecular complexity index is 472. The molecule has 1 aliphatic rings. The molecule has 0 radical (unpaired) electrons. The maximum Gasteiger partial charge on any atom is 0.251 e. The maximum absolute atomic E-state index is 13.5. The van der Waals surface area contributed by atoms with E-state index in [1.54, 1.807) is 6.92 Å². The van der Waals surface area contributed by atoms with Gasteiger partial charge in [-0.2, -0.15) is 0 Å². The van der Waals surface area contributed by atoms with Gasteiger partial charge >= 0.3 is 0 Å². The first kappa shape index (κ1) is 13.8. The fraction of sp³-hybridized carbons (Fsp3) is 0.533. The SMILES string of the molecule is CCCC1(CNC(=O)c2cc(N)c(C)c(F)c2)CC1. The van der Waals surface area contributed by atoms with Crippen LogP contribution in [0.5, 0.6) is 0 Å².